The fraction of sp³-hybridized carbons (Fsp3) is 0.188. The second-order valence-electron chi connectivity index (χ2n) is 4.62. The molecule has 0 unspecified atom stereocenters. The van der Waals surface area contributed by atoms with Crippen molar-refractivity contribution in [3.8, 4) is 0 Å². The summed E-state index contributed by atoms with van der Waals surface area (Å²) in [6.45, 7) is 2.65. The van der Waals surface area contributed by atoms with Gasteiger partial charge in [0.05, 0.1) is 23.4 Å². The van der Waals surface area contributed by atoms with E-state index in [0.717, 1.165) is 10.0 Å². The van der Waals surface area contributed by atoms with Crippen LogP contribution >= 0.6 is 27.5 Å². The summed E-state index contributed by atoms with van der Waals surface area (Å²) < 4.78 is 5.77. The highest BCUT2D eigenvalue weighted by Crippen LogP contribution is 2.25. The minimum absolute atomic E-state index is 0.382. The predicted molar refractivity (Wildman–Crippen MR) is 89.0 cm³/mol. The summed E-state index contributed by atoms with van der Waals surface area (Å²) >= 11 is 9.65. The van der Waals surface area contributed by atoms with Crippen molar-refractivity contribution in [1.82, 2.24) is 0 Å². The number of hydrogen-bond donors (Lipinski definition) is 1. The van der Waals surface area contributed by atoms with Crippen LogP contribution in [0.3, 0.4) is 0 Å². The minimum atomic E-state index is -0.382. The van der Waals surface area contributed by atoms with Crippen molar-refractivity contribution in [2.45, 2.75) is 13.5 Å². The number of ether oxygens (including phenoxy) is 1. The molecular formula is C16H15BrClNO2. The van der Waals surface area contributed by atoms with E-state index in [-0.39, 0.29) is 5.97 Å². The monoisotopic (exact) mass is 367 g/mol. The third-order valence-electron chi connectivity index (χ3n) is 3.11. The van der Waals surface area contributed by atoms with Crippen LogP contribution in [0.1, 0.15) is 21.5 Å². The lowest BCUT2D eigenvalue weighted by atomic mass is 10.1. The van der Waals surface area contributed by atoms with E-state index in [1.54, 1.807) is 18.2 Å². The quantitative estimate of drug-likeness (QED) is 0.787. The standard InChI is InChI=1S/C16H15BrClNO2/c1-10-3-4-11(7-13(10)17)9-19-15-8-12(16(20)21-2)5-6-14(15)18/h3-8,19H,9H2,1-2H3. The Morgan fingerprint density at radius 2 is 2.05 bits per heavy atom. The molecule has 21 heavy (non-hydrogen) atoms. The van der Waals surface area contributed by atoms with Crippen LogP contribution in [-0.4, -0.2) is 13.1 Å². The highest BCUT2D eigenvalue weighted by Gasteiger charge is 2.09. The summed E-state index contributed by atoms with van der Waals surface area (Å²) in [5.41, 5.74) is 3.47. The average Bonchev–Trinajstić information content (AvgIpc) is 2.49. The van der Waals surface area contributed by atoms with Crippen molar-refractivity contribution < 1.29 is 9.53 Å². The molecule has 2 rings (SSSR count). The van der Waals surface area contributed by atoms with Crippen LogP contribution < -0.4 is 5.32 Å². The first-order chi connectivity index (χ1) is 10.0. The lowest BCUT2D eigenvalue weighted by Crippen LogP contribution is -2.04. The number of carbonyl (C=O) groups is 1. The van der Waals surface area contributed by atoms with E-state index in [4.69, 9.17) is 16.3 Å². The summed E-state index contributed by atoms with van der Waals surface area (Å²) in [5.74, 6) is -0.382. The smallest absolute Gasteiger partial charge is 0.337 e. The molecule has 0 saturated heterocycles. The molecule has 0 bridgehead atoms. The van der Waals surface area contributed by atoms with E-state index in [1.807, 2.05) is 19.1 Å². The summed E-state index contributed by atoms with van der Waals surface area (Å²) in [6.07, 6.45) is 0. The molecular weight excluding hydrogens is 354 g/mol. The zero-order chi connectivity index (χ0) is 15.4. The number of esters is 1. The molecule has 0 radical (unpaired) electrons. The molecule has 0 saturated carbocycles. The highest BCUT2D eigenvalue weighted by atomic mass is 79.9. The first-order valence-corrected chi connectivity index (χ1v) is 7.55. The van der Waals surface area contributed by atoms with Gasteiger partial charge in [0.2, 0.25) is 0 Å². The van der Waals surface area contributed by atoms with Crippen LogP contribution in [0.4, 0.5) is 5.69 Å². The molecule has 2 aromatic carbocycles. The third-order valence-corrected chi connectivity index (χ3v) is 4.29. The van der Waals surface area contributed by atoms with Gasteiger partial charge in [0.25, 0.3) is 0 Å². The lowest BCUT2D eigenvalue weighted by Gasteiger charge is -2.11. The average molecular weight is 369 g/mol. The molecule has 0 atom stereocenters. The van der Waals surface area contributed by atoms with Crippen LogP contribution in [0, 0.1) is 6.92 Å². The molecule has 5 heteroatoms. The highest BCUT2D eigenvalue weighted by molar-refractivity contribution is 9.10. The van der Waals surface area contributed by atoms with Gasteiger partial charge in [0.1, 0.15) is 0 Å². The number of carbonyl (C=O) groups excluding carboxylic acids is 1. The SMILES string of the molecule is COC(=O)c1ccc(Cl)c(NCc2ccc(C)c(Br)c2)c1. The van der Waals surface area contributed by atoms with Gasteiger partial charge in [-0.1, -0.05) is 39.7 Å². The van der Waals surface area contributed by atoms with Gasteiger partial charge in [-0.3, -0.25) is 0 Å². The molecule has 0 aromatic heterocycles. The van der Waals surface area contributed by atoms with E-state index in [0.29, 0.717) is 22.8 Å². The molecule has 3 nitrogen and oxygen atoms in total. The third kappa shape index (κ3) is 3.99. The summed E-state index contributed by atoms with van der Waals surface area (Å²) in [4.78, 5) is 11.5. The second kappa shape index (κ2) is 6.96. The molecule has 0 aliphatic carbocycles. The maximum Gasteiger partial charge on any atom is 0.337 e. The summed E-state index contributed by atoms with van der Waals surface area (Å²) in [6, 6.07) is 11.2. The molecule has 110 valence electrons. The zero-order valence-electron chi connectivity index (χ0n) is 11.7. The van der Waals surface area contributed by atoms with Gasteiger partial charge in [-0.25, -0.2) is 4.79 Å². The van der Waals surface area contributed by atoms with E-state index >= 15 is 0 Å². The fourth-order valence-electron chi connectivity index (χ4n) is 1.85. The molecule has 0 amide bonds. The predicted octanol–water partition coefficient (Wildman–Crippen LogP) is 4.81. The van der Waals surface area contributed by atoms with Gasteiger partial charge >= 0.3 is 5.97 Å². The number of aryl methyl sites for hydroxylation is 1. The molecule has 0 heterocycles. The van der Waals surface area contributed by atoms with Crippen molar-refractivity contribution in [3.05, 3.63) is 62.6 Å². The first kappa shape index (κ1) is 15.9. The Hall–Kier alpha value is -1.52. The van der Waals surface area contributed by atoms with Crippen LogP contribution in [-0.2, 0) is 11.3 Å². The van der Waals surface area contributed by atoms with Crippen LogP contribution in [0.25, 0.3) is 0 Å². The summed E-state index contributed by atoms with van der Waals surface area (Å²) in [7, 11) is 1.36. The van der Waals surface area contributed by atoms with Gasteiger partial charge in [-0.05, 0) is 42.3 Å². The van der Waals surface area contributed by atoms with Crippen molar-refractivity contribution in [2.24, 2.45) is 0 Å². The second-order valence-corrected chi connectivity index (χ2v) is 5.88. The van der Waals surface area contributed by atoms with E-state index < -0.39 is 0 Å². The molecule has 2 aromatic rings. The normalized spacial score (nSPS) is 10.3. The Labute approximate surface area is 137 Å². The Kier molecular flexibility index (Phi) is 5.26. The van der Waals surface area contributed by atoms with Crippen LogP contribution in [0.5, 0.6) is 0 Å². The molecule has 0 aliphatic rings. The Balaban J connectivity index is 2.15. The Bertz CT molecular complexity index is 673. The first-order valence-electron chi connectivity index (χ1n) is 6.38. The number of hydrogen-bond acceptors (Lipinski definition) is 3. The Morgan fingerprint density at radius 1 is 1.29 bits per heavy atom. The van der Waals surface area contributed by atoms with E-state index in [2.05, 4.69) is 27.3 Å². The number of benzene rings is 2. The van der Waals surface area contributed by atoms with Crippen molar-refractivity contribution in [2.75, 3.05) is 12.4 Å². The van der Waals surface area contributed by atoms with Crippen molar-refractivity contribution in [3.63, 3.8) is 0 Å². The number of halogens is 2. The van der Waals surface area contributed by atoms with Crippen molar-refractivity contribution >= 4 is 39.2 Å². The fourth-order valence-corrected chi connectivity index (χ4v) is 2.46. The molecule has 0 fully saturated rings. The van der Waals surface area contributed by atoms with Gasteiger partial charge in [-0.15, -0.1) is 0 Å². The van der Waals surface area contributed by atoms with E-state index in [9.17, 15) is 4.79 Å². The van der Waals surface area contributed by atoms with Gasteiger partial charge in [0, 0.05) is 11.0 Å². The maximum absolute atomic E-state index is 11.5. The zero-order valence-corrected chi connectivity index (χ0v) is 14.1. The number of rotatable bonds is 4. The number of anilines is 1. The van der Waals surface area contributed by atoms with Crippen LogP contribution in [0.15, 0.2) is 40.9 Å². The largest absolute Gasteiger partial charge is 0.465 e. The molecule has 1 N–H and O–H groups in total. The number of methoxy groups -OCH3 is 1. The van der Waals surface area contributed by atoms with Gasteiger partial charge in [-0.2, -0.15) is 0 Å². The topological polar surface area (TPSA) is 38.3 Å². The van der Waals surface area contributed by atoms with Crippen LogP contribution in [0.2, 0.25) is 5.02 Å². The maximum atomic E-state index is 11.5. The molecule has 0 aliphatic heterocycles. The van der Waals surface area contributed by atoms with Gasteiger partial charge < -0.3 is 10.1 Å². The lowest BCUT2D eigenvalue weighted by molar-refractivity contribution is 0.0601. The number of nitrogens with one attached hydrogen (secondary N) is 1. The summed E-state index contributed by atoms with van der Waals surface area (Å²) in [5, 5.41) is 3.80. The van der Waals surface area contributed by atoms with Gasteiger partial charge in [0.15, 0.2) is 0 Å². The minimum Gasteiger partial charge on any atom is -0.465 e. The molecule has 0 spiro atoms. The van der Waals surface area contributed by atoms with Crippen molar-refractivity contribution in [1.29, 1.82) is 0 Å². The Morgan fingerprint density at radius 3 is 2.71 bits per heavy atom. The van der Waals surface area contributed by atoms with E-state index in [1.165, 1.54) is 12.7 Å².